The molecule has 0 saturated carbocycles. The Morgan fingerprint density at radius 2 is 2.12 bits per heavy atom. The van der Waals surface area contributed by atoms with E-state index in [9.17, 15) is 0 Å². The van der Waals surface area contributed by atoms with Crippen molar-refractivity contribution < 1.29 is 9.63 Å². The lowest BCUT2D eigenvalue weighted by molar-refractivity contribution is 0.259. The number of hydrogen-bond donors (Lipinski definition) is 2. The van der Waals surface area contributed by atoms with Crippen LogP contribution in [-0.4, -0.2) is 26.8 Å². The zero-order chi connectivity index (χ0) is 12.1. The first-order chi connectivity index (χ1) is 8.29. The van der Waals surface area contributed by atoms with Gasteiger partial charge in [-0.2, -0.15) is 4.98 Å². The molecule has 6 heteroatoms. The zero-order valence-electron chi connectivity index (χ0n) is 9.28. The molecule has 2 aromatic heterocycles. The topological polar surface area (TPSA) is 98.1 Å². The van der Waals surface area contributed by atoms with E-state index >= 15 is 0 Å². The Kier molecular flexibility index (Phi) is 3.79. The number of nitrogens with two attached hydrogens (primary N) is 1. The Morgan fingerprint density at radius 3 is 2.82 bits per heavy atom. The molecule has 2 rings (SSSR count). The normalized spacial score (nSPS) is 12.6. The molecule has 17 heavy (non-hydrogen) atoms. The standard InChI is InChI=1S/C11H14N4O2/c12-9(3-6-16)11-14-10(15-17-11)7-8-1-4-13-5-2-8/h1-2,4-5,9,16H,3,6-7,12H2. The molecule has 2 aromatic rings. The van der Waals surface area contributed by atoms with Crippen molar-refractivity contribution >= 4 is 0 Å². The molecule has 0 aliphatic heterocycles. The van der Waals surface area contributed by atoms with E-state index < -0.39 is 6.04 Å². The number of nitrogens with zero attached hydrogens (tertiary/aromatic N) is 3. The van der Waals surface area contributed by atoms with Crippen LogP contribution in [0.15, 0.2) is 29.0 Å². The van der Waals surface area contributed by atoms with Gasteiger partial charge in [0.25, 0.3) is 0 Å². The molecule has 6 nitrogen and oxygen atoms in total. The minimum absolute atomic E-state index is 0.00321. The van der Waals surface area contributed by atoms with Crippen LogP contribution in [0.1, 0.15) is 29.7 Å². The maximum absolute atomic E-state index is 8.76. The molecule has 0 spiro atoms. The third kappa shape index (κ3) is 3.08. The van der Waals surface area contributed by atoms with Crippen LogP contribution in [0.25, 0.3) is 0 Å². The molecular formula is C11H14N4O2. The van der Waals surface area contributed by atoms with Gasteiger partial charge in [-0.15, -0.1) is 0 Å². The van der Waals surface area contributed by atoms with Crippen LogP contribution < -0.4 is 5.73 Å². The highest BCUT2D eigenvalue weighted by Gasteiger charge is 2.14. The molecule has 0 fully saturated rings. The average Bonchev–Trinajstić information content (AvgIpc) is 2.79. The first-order valence-electron chi connectivity index (χ1n) is 5.37. The highest BCUT2D eigenvalue weighted by atomic mass is 16.5. The molecule has 1 unspecified atom stereocenters. The lowest BCUT2D eigenvalue weighted by Crippen LogP contribution is -2.12. The Balaban J connectivity index is 2.04. The Morgan fingerprint density at radius 1 is 1.35 bits per heavy atom. The average molecular weight is 234 g/mol. The summed E-state index contributed by atoms with van der Waals surface area (Å²) in [4.78, 5) is 8.12. The van der Waals surface area contributed by atoms with Crippen molar-refractivity contribution in [2.75, 3.05) is 6.61 Å². The fourth-order valence-electron chi connectivity index (χ4n) is 1.44. The number of hydrogen-bond acceptors (Lipinski definition) is 6. The lowest BCUT2D eigenvalue weighted by Gasteiger charge is -2.01. The highest BCUT2D eigenvalue weighted by Crippen LogP contribution is 2.12. The summed E-state index contributed by atoms with van der Waals surface area (Å²) in [6.45, 7) is 0.00321. The summed E-state index contributed by atoms with van der Waals surface area (Å²) in [6, 6.07) is 3.38. The highest BCUT2D eigenvalue weighted by molar-refractivity contribution is 5.14. The SMILES string of the molecule is NC(CCO)c1nc(Cc2ccncc2)no1. The minimum Gasteiger partial charge on any atom is -0.396 e. The maximum Gasteiger partial charge on any atom is 0.243 e. The molecule has 3 N–H and O–H groups in total. The summed E-state index contributed by atoms with van der Waals surface area (Å²) in [5.41, 5.74) is 6.80. The van der Waals surface area contributed by atoms with E-state index in [0.717, 1.165) is 5.56 Å². The fourth-order valence-corrected chi connectivity index (χ4v) is 1.44. The van der Waals surface area contributed by atoms with Crippen LogP contribution in [0.4, 0.5) is 0 Å². The third-order valence-corrected chi connectivity index (χ3v) is 2.35. The second-order valence-corrected chi connectivity index (χ2v) is 3.70. The predicted molar refractivity (Wildman–Crippen MR) is 60.0 cm³/mol. The monoisotopic (exact) mass is 234 g/mol. The van der Waals surface area contributed by atoms with E-state index in [1.807, 2.05) is 12.1 Å². The number of aliphatic hydroxyl groups excluding tert-OH is 1. The molecule has 90 valence electrons. The van der Waals surface area contributed by atoms with Gasteiger partial charge in [-0.3, -0.25) is 4.98 Å². The molecule has 0 radical (unpaired) electrons. The largest absolute Gasteiger partial charge is 0.396 e. The number of pyridine rings is 1. The van der Waals surface area contributed by atoms with Crippen molar-refractivity contribution in [1.82, 2.24) is 15.1 Å². The molecule has 0 aliphatic rings. The van der Waals surface area contributed by atoms with Gasteiger partial charge in [0, 0.05) is 25.4 Å². The summed E-state index contributed by atoms with van der Waals surface area (Å²) in [6.07, 6.45) is 4.43. The van der Waals surface area contributed by atoms with Crippen molar-refractivity contribution in [2.24, 2.45) is 5.73 Å². The summed E-state index contributed by atoms with van der Waals surface area (Å²) in [7, 11) is 0. The molecular weight excluding hydrogens is 220 g/mol. The predicted octanol–water partition coefficient (Wildman–Crippen LogP) is 0.438. The summed E-state index contributed by atoms with van der Waals surface area (Å²) >= 11 is 0. The van der Waals surface area contributed by atoms with Crippen molar-refractivity contribution in [3.05, 3.63) is 41.8 Å². The first kappa shape index (κ1) is 11.7. The Hall–Kier alpha value is -1.79. The van der Waals surface area contributed by atoms with Crippen molar-refractivity contribution in [3.63, 3.8) is 0 Å². The van der Waals surface area contributed by atoms with E-state index in [0.29, 0.717) is 24.6 Å². The smallest absolute Gasteiger partial charge is 0.243 e. The van der Waals surface area contributed by atoms with E-state index in [1.54, 1.807) is 12.4 Å². The van der Waals surface area contributed by atoms with E-state index in [4.69, 9.17) is 15.4 Å². The zero-order valence-corrected chi connectivity index (χ0v) is 9.28. The number of aromatic nitrogens is 3. The second-order valence-electron chi connectivity index (χ2n) is 3.70. The number of aliphatic hydroxyl groups is 1. The number of rotatable bonds is 5. The van der Waals surface area contributed by atoms with Crippen LogP contribution in [0.3, 0.4) is 0 Å². The van der Waals surface area contributed by atoms with Gasteiger partial charge in [-0.05, 0) is 24.1 Å². The van der Waals surface area contributed by atoms with Crippen LogP contribution in [0, 0.1) is 0 Å². The first-order valence-corrected chi connectivity index (χ1v) is 5.37. The Bertz CT molecular complexity index is 458. The van der Waals surface area contributed by atoms with Gasteiger partial charge in [0.05, 0.1) is 6.04 Å². The lowest BCUT2D eigenvalue weighted by atomic mass is 10.2. The molecule has 0 amide bonds. The van der Waals surface area contributed by atoms with Crippen LogP contribution in [-0.2, 0) is 6.42 Å². The van der Waals surface area contributed by atoms with Gasteiger partial charge in [-0.25, -0.2) is 0 Å². The fraction of sp³-hybridized carbons (Fsp3) is 0.364. The van der Waals surface area contributed by atoms with Gasteiger partial charge < -0.3 is 15.4 Å². The van der Waals surface area contributed by atoms with Crippen molar-refractivity contribution in [1.29, 1.82) is 0 Å². The molecule has 2 heterocycles. The van der Waals surface area contributed by atoms with E-state index in [1.165, 1.54) is 0 Å². The van der Waals surface area contributed by atoms with Crippen LogP contribution >= 0.6 is 0 Å². The van der Waals surface area contributed by atoms with E-state index in [-0.39, 0.29) is 6.61 Å². The van der Waals surface area contributed by atoms with Gasteiger partial charge >= 0.3 is 0 Å². The van der Waals surface area contributed by atoms with E-state index in [2.05, 4.69) is 15.1 Å². The third-order valence-electron chi connectivity index (χ3n) is 2.35. The molecule has 0 bridgehead atoms. The van der Waals surface area contributed by atoms with Crippen LogP contribution in [0.5, 0.6) is 0 Å². The van der Waals surface area contributed by atoms with Gasteiger partial charge in [0.2, 0.25) is 5.89 Å². The molecule has 0 aromatic carbocycles. The van der Waals surface area contributed by atoms with Crippen LogP contribution in [0.2, 0.25) is 0 Å². The summed E-state index contributed by atoms with van der Waals surface area (Å²) in [5, 5.41) is 12.6. The maximum atomic E-state index is 8.76. The van der Waals surface area contributed by atoms with Crippen molar-refractivity contribution in [2.45, 2.75) is 18.9 Å². The molecule has 1 atom stereocenters. The Labute approximate surface area is 98.5 Å². The second kappa shape index (κ2) is 5.51. The quantitative estimate of drug-likeness (QED) is 0.778. The van der Waals surface area contributed by atoms with Gasteiger partial charge in [-0.1, -0.05) is 5.16 Å². The van der Waals surface area contributed by atoms with Gasteiger partial charge in [0.1, 0.15) is 0 Å². The molecule has 0 aliphatic carbocycles. The summed E-state index contributed by atoms with van der Waals surface area (Å²) < 4.78 is 5.04. The summed E-state index contributed by atoms with van der Waals surface area (Å²) in [5.74, 6) is 0.947. The van der Waals surface area contributed by atoms with Gasteiger partial charge in [0.15, 0.2) is 5.82 Å². The van der Waals surface area contributed by atoms with Crippen molar-refractivity contribution in [3.8, 4) is 0 Å². The molecule has 0 saturated heterocycles. The minimum atomic E-state index is -0.404.